The fourth-order valence-corrected chi connectivity index (χ4v) is 0.960. The summed E-state index contributed by atoms with van der Waals surface area (Å²) in [5.74, 6) is -1.18. The molecule has 0 aliphatic rings. The fourth-order valence-electron chi connectivity index (χ4n) is 0.960. The summed E-state index contributed by atoms with van der Waals surface area (Å²) in [6.45, 7) is 5.23. The number of halogens is 1. The Morgan fingerprint density at radius 3 is 2.36 bits per heavy atom. The van der Waals surface area contributed by atoms with E-state index in [9.17, 15) is 9.18 Å². The van der Waals surface area contributed by atoms with Crippen molar-refractivity contribution in [3.05, 3.63) is 35.6 Å². The van der Waals surface area contributed by atoms with Crippen molar-refractivity contribution in [2.45, 2.75) is 26.4 Å². The Hall–Kier alpha value is -1.38. The number of hydrogen-bond donors (Lipinski definition) is 0. The molecule has 3 heteroatoms. The van der Waals surface area contributed by atoms with Gasteiger partial charge in [0, 0.05) is 0 Å². The molecule has 14 heavy (non-hydrogen) atoms. The van der Waals surface area contributed by atoms with Gasteiger partial charge in [-0.25, -0.2) is 9.18 Å². The van der Waals surface area contributed by atoms with Crippen molar-refractivity contribution < 1.29 is 13.9 Å². The Labute approximate surface area is 82.7 Å². The van der Waals surface area contributed by atoms with Crippen LogP contribution in [0.5, 0.6) is 0 Å². The maximum atomic E-state index is 13.1. The second-order valence-electron chi connectivity index (χ2n) is 3.98. The van der Waals surface area contributed by atoms with Gasteiger partial charge in [-0.1, -0.05) is 12.1 Å². The number of ether oxygens (including phenoxy) is 1. The van der Waals surface area contributed by atoms with Crippen LogP contribution in [0.1, 0.15) is 31.1 Å². The average Bonchev–Trinajstić information content (AvgIpc) is 2.01. The topological polar surface area (TPSA) is 26.3 Å². The molecule has 1 rings (SSSR count). The van der Waals surface area contributed by atoms with E-state index < -0.39 is 17.4 Å². The van der Waals surface area contributed by atoms with Crippen LogP contribution < -0.4 is 0 Å². The molecule has 0 unspecified atom stereocenters. The highest BCUT2D eigenvalue weighted by Crippen LogP contribution is 2.14. The second-order valence-corrected chi connectivity index (χ2v) is 3.98. The minimum absolute atomic E-state index is 0.0255. The Morgan fingerprint density at radius 1 is 1.29 bits per heavy atom. The molecule has 0 saturated heterocycles. The van der Waals surface area contributed by atoms with Crippen LogP contribution in [0.15, 0.2) is 24.3 Å². The SMILES string of the molecule is CC(C)(C)OC(=O)c1ccccc1F. The number of carbonyl (C=O) groups excluding carboxylic acids is 1. The van der Waals surface area contributed by atoms with Crippen LogP contribution in [0.4, 0.5) is 4.39 Å². The molecular weight excluding hydrogens is 183 g/mol. The number of hydrogen-bond acceptors (Lipinski definition) is 2. The van der Waals surface area contributed by atoms with Gasteiger partial charge < -0.3 is 4.74 Å². The van der Waals surface area contributed by atoms with Gasteiger partial charge >= 0.3 is 5.97 Å². The van der Waals surface area contributed by atoms with E-state index in [1.807, 2.05) is 0 Å². The third-order valence-corrected chi connectivity index (χ3v) is 1.49. The molecule has 0 fully saturated rings. The van der Waals surface area contributed by atoms with Crippen molar-refractivity contribution in [2.24, 2.45) is 0 Å². The van der Waals surface area contributed by atoms with Crippen LogP contribution in [-0.4, -0.2) is 11.6 Å². The molecule has 0 radical (unpaired) electrons. The highest BCUT2D eigenvalue weighted by atomic mass is 19.1. The first-order valence-electron chi connectivity index (χ1n) is 4.38. The predicted molar refractivity (Wildman–Crippen MR) is 51.6 cm³/mol. The van der Waals surface area contributed by atoms with Crippen molar-refractivity contribution in [2.75, 3.05) is 0 Å². The minimum Gasteiger partial charge on any atom is -0.456 e. The molecule has 0 aromatic heterocycles. The summed E-state index contributed by atoms with van der Waals surface area (Å²) in [4.78, 5) is 11.4. The molecule has 1 aromatic carbocycles. The normalized spacial score (nSPS) is 11.1. The summed E-state index contributed by atoms with van der Waals surface area (Å²) in [6.07, 6.45) is 0. The summed E-state index contributed by atoms with van der Waals surface area (Å²) in [5, 5.41) is 0. The fraction of sp³-hybridized carbons (Fsp3) is 0.364. The molecule has 76 valence electrons. The molecule has 0 bridgehead atoms. The van der Waals surface area contributed by atoms with E-state index in [2.05, 4.69) is 0 Å². The third-order valence-electron chi connectivity index (χ3n) is 1.49. The maximum absolute atomic E-state index is 13.1. The molecule has 0 N–H and O–H groups in total. The Balaban J connectivity index is 2.86. The number of benzene rings is 1. The molecule has 0 atom stereocenters. The molecule has 2 nitrogen and oxygen atoms in total. The van der Waals surface area contributed by atoms with Crippen LogP contribution in [-0.2, 0) is 4.74 Å². The van der Waals surface area contributed by atoms with Gasteiger partial charge in [-0.15, -0.1) is 0 Å². The summed E-state index contributed by atoms with van der Waals surface area (Å²) in [6, 6.07) is 5.77. The lowest BCUT2D eigenvalue weighted by atomic mass is 10.1. The minimum atomic E-state index is -0.629. The molecule has 0 amide bonds. The number of rotatable bonds is 1. The molecule has 0 heterocycles. The van der Waals surface area contributed by atoms with Crippen molar-refractivity contribution in [1.82, 2.24) is 0 Å². The van der Waals surface area contributed by atoms with Gasteiger partial charge in [-0.05, 0) is 32.9 Å². The van der Waals surface area contributed by atoms with E-state index in [1.165, 1.54) is 18.2 Å². The van der Waals surface area contributed by atoms with Crippen LogP contribution in [0.2, 0.25) is 0 Å². The van der Waals surface area contributed by atoms with Crippen molar-refractivity contribution in [3.63, 3.8) is 0 Å². The van der Waals surface area contributed by atoms with Gasteiger partial charge in [0.1, 0.15) is 11.4 Å². The third kappa shape index (κ3) is 2.83. The van der Waals surface area contributed by atoms with E-state index in [0.29, 0.717) is 0 Å². The summed E-state index contributed by atoms with van der Waals surface area (Å²) >= 11 is 0. The van der Waals surface area contributed by atoms with Gasteiger partial charge in [-0.2, -0.15) is 0 Å². The largest absolute Gasteiger partial charge is 0.456 e. The molecule has 0 saturated carbocycles. The lowest BCUT2D eigenvalue weighted by Gasteiger charge is -2.19. The Bertz CT molecular complexity index is 339. The summed E-state index contributed by atoms with van der Waals surface area (Å²) in [7, 11) is 0. The molecular formula is C11H13FO2. The smallest absolute Gasteiger partial charge is 0.341 e. The molecule has 0 aliphatic carbocycles. The molecule has 1 aromatic rings. The van der Waals surface area contributed by atoms with Gasteiger partial charge in [0.05, 0.1) is 5.56 Å². The van der Waals surface area contributed by atoms with Gasteiger partial charge in [0.25, 0.3) is 0 Å². The summed E-state index contributed by atoms with van der Waals surface area (Å²) < 4.78 is 18.1. The molecule has 0 aliphatic heterocycles. The first-order chi connectivity index (χ1) is 6.40. The first kappa shape index (κ1) is 10.7. The van der Waals surface area contributed by atoms with Crippen molar-refractivity contribution in [3.8, 4) is 0 Å². The zero-order chi connectivity index (χ0) is 10.8. The Kier molecular flexibility index (Phi) is 2.89. The zero-order valence-electron chi connectivity index (χ0n) is 8.50. The highest BCUT2D eigenvalue weighted by molar-refractivity contribution is 5.89. The number of carbonyl (C=O) groups is 1. The first-order valence-corrected chi connectivity index (χ1v) is 4.38. The lowest BCUT2D eigenvalue weighted by molar-refractivity contribution is 0.00647. The van der Waals surface area contributed by atoms with E-state index in [4.69, 9.17) is 4.74 Å². The van der Waals surface area contributed by atoms with E-state index in [-0.39, 0.29) is 5.56 Å². The van der Waals surface area contributed by atoms with E-state index in [0.717, 1.165) is 0 Å². The van der Waals surface area contributed by atoms with Gasteiger partial charge in [0.2, 0.25) is 0 Å². The second kappa shape index (κ2) is 3.78. The quantitative estimate of drug-likeness (QED) is 0.645. The lowest BCUT2D eigenvalue weighted by Crippen LogP contribution is -2.24. The monoisotopic (exact) mass is 196 g/mol. The van der Waals surface area contributed by atoms with Gasteiger partial charge in [0.15, 0.2) is 0 Å². The number of esters is 1. The zero-order valence-corrected chi connectivity index (χ0v) is 8.50. The van der Waals surface area contributed by atoms with E-state index in [1.54, 1.807) is 26.8 Å². The summed E-state index contributed by atoms with van der Waals surface area (Å²) in [5.41, 5.74) is -0.623. The van der Waals surface area contributed by atoms with Crippen LogP contribution in [0, 0.1) is 5.82 Å². The van der Waals surface area contributed by atoms with Crippen LogP contribution in [0.25, 0.3) is 0 Å². The maximum Gasteiger partial charge on any atom is 0.341 e. The van der Waals surface area contributed by atoms with Crippen molar-refractivity contribution in [1.29, 1.82) is 0 Å². The van der Waals surface area contributed by atoms with Gasteiger partial charge in [-0.3, -0.25) is 0 Å². The highest BCUT2D eigenvalue weighted by Gasteiger charge is 2.19. The standard InChI is InChI=1S/C11H13FO2/c1-11(2,3)14-10(13)8-6-4-5-7-9(8)12/h4-7H,1-3H3. The average molecular weight is 196 g/mol. The predicted octanol–water partition coefficient (Wildman–Crippen LogP) is 2.78. The molecule has 0 spiro atoms. The van der Waals surface area contributed by atoms with E-state index >= 15 is 0 Å². The van der Waals surface area contributed by atoms with Crippen LogP contribution in [0.3, 0.4) is 0 Å². The van der Waals surface area contributed by atoms with Crippen LogP contribution >= 0.6 is 0 Å². The Morgan fingerprint density at radius 2 is 1.86 bits per heavy atom. The van der Waals surface area contributed by atoms with Crippen molar-refractivity contribution >= 4 is 5.97 Å².